The molecule has 0 aliphatic carbocycles. The SMILES string of the molecule is O=C(Cc1ccc(C2CNCCO2)cc1)c1cccc(Cl)c1. The number of hydrogen-bond acceptors (Lipinski definition) is 3. The van der Waals surface area contributed by atoms with Crippen LogP contribution in [0.25, 0.3) is 0 Å². The van der Waals surface area contributed by atoms with Crippen LogP contribution in [0.5, 0.6) is 0 Å². The quantitative estimate of drug-likeness (QED) is 0.879. The Morgan fingerprint density at radius 1 is 1.23 bits per heavy atom. The van der Waals surface area contributed by atoms with E-state index in [0.717, 1.165) is 30.8 Å². The van der Waals surface area contributed by atoms with E-state index in [0.29, 0.717) is 17.0 Å². The van der Waals surface area contributed by atoms with Crippen LogP contribution in [-0.4, -0.2) is 25.5 Å². The predicted octanol–water partition coefficient (Wildman–Crippen LogP) is 3.43. The number of ether oxygens (including phenoxy) is 1. The van der Waals surface area contributed by atoms with Gasteiger partial charge in [-0.05, 0) is 23.3 Å². The molecule has 1 N–H and O–H groups in total. The lowest BCUT2D eigenvalue weighted by atomic mass is 10.0. The topological polar surface area (TPSA) is 38.3 Å². The van der Waals surface area contributed by atoms with Crippen LogP contribution >= 0.6 is 11.6 Å². The molecule has 1 atom stereocenters. The van der Waals surface area contributed by atoms with E-state index in [1.807, 2.05) is 24.3 Å². The molecule has 1 heterocycles. The Hall–Kier alpha value is -1.68. The van der Waals surface area contributed by atoms with Gasteiger partial charge in [-0.25, -0.2) is 0 Å². The second kappa shape index (κ2) is 7.05. The number of morpholine rings is 1. The Balaban J connectivity index is 1.66. The molecule has 0 bridgehead atoms. The lowest BCUT2D eigenvalue weighted by Crippen LogP contribution is -2.33. The Morgan fingerprint density at radius 3 is 2.73 bits per heavy atom. The first-order valence-corrected chi connectivity index (χ1v) is 7.80. The van der Waals surface area contributed by atoms with Crippen LogP contribution in [0.15, 0.2) is 48.5 Å². The first-order chi connectivity index (χ1) is 10.7. The summed E-state index contributed by atoms with van der Waals surface area (Å²) in [7, 11) is 0. The summed E-state index contributed by atoms with van der Waals surface area (Å²) >= 11 is 5.93. The fourth-order valence-corrected chi connectivity index (χ4v) is 2.77. The molecule has 1 aliphatic rings. The molecule has 3 rings (SSSR count). The fourth-order valence-electron chi connectivity index (χ4n) is 2.58. The van der Waals surface area contributed by atoms with Crippen LogP contribution in [-0.2, 0) is 11.2 Å². The van der Waals surface area contributed by atoms with E-state index in [4.69, 9.17) is 16.3 Å². The summed E-state index contributed by atoms with van der Waals surface area (Å²) in [5.74, 6) is 0.0748. The molecule has 1 saturated heterocycles. The van der Waals surface area contributed by atoms with Crippen LogP contribution in [0.1, 0.15) is 27.6 Å². The van der Waals surface area contributed by atoms with Crippen molar-refractivity contribution in [3.05, 3.63) is 70.2 Å². The highest BCUT2D eigenvalue weighted by atomic mass is 35.5. The maximum atomic E-state index is 12.3. The van der Waals surface area contributed by atoms with Gasteiger partial charge < -0.3 is 10.1 Å². The van der Waals surface area contributed by atoms with E-state index in [-0.39, 0.29) is 11.9 Å². The zero-order chi connectivity index (χ0) is 15.4. The normalized spacial score (nSPS) is 18.1. The van der Waals surface area contributed by atoms with Gasteiger partial charge in [0.25, 0.3) is 0 Å². The number of carbonyl (C=O) groups is 1. The molecule has 0 amide bonds. The minimum atomic E-state index is 0.0748. The van der Waals surface area contributed by atoms with Gasteiger partial charge in [0.15, 0.2) is 5.78 Å². The molecule has 0 aromatic heterocycles. The smallest absolute Gasteiger partial charge is 0.167 e. The summed E-state index contributed by atoms with van der Waals surface area (Å²) in [6.07, 6.45) is 0.483. The third-order valence-corrected chi connectivity index (χ3v) is 4.03. The maximum Gasteiger partial charge on any atom is 0.167 e. The average molecular weight is 316 g/mol. The van der Waals surface area contributed by atoms with Gasteiger partial charge in [0.2, 0.25) is 0 Å². The number of nitrogens with one attached hydrogen (secondary N) is 1. The Kier molecular flexibility index (Phi) is 4.88. The molecule has 2 aromatic rings. The van der Waals surface area contributed by atoms with Crippen LogP contribution in [0.4, 0.5) is 0 Å². The second-order valence-electron chi connectivity index (χ2n) is 5.42. The molecule has 0 spiro atoms. The highest BCUT2D eigenvalue weighted by molar-refractivity contribution is 6.31. The molecule has 2 aromatic carbocycles. The Labute approximate surface area is 135 Å². The number of hydrogen-bond donors (Lipinski definition) is 1. The largest absolute Gasteiger partial charge is 0.371 e. The molecule has 0 saturated carbocycles. The first-order valence-electron chi connectivity index (χ1n) is 7.42. The molecule has 1 unspecified atom stereocenters. The number of benzene rings is 2. The Morgan fingerprint density at radius 2 is 2.05 bits per heavy atom. The van der Waals surface area contributed by atoms with E-state index in [1.54, 1.807) is 24.3 Å². The summed E-state index contributed by atoms with van der Waals surface area (Å²) in [4.78, 5) is 12.3. The van der Waals surface area contributed by atoms with E-state index in [9.17, 15) is 4.79 Å². The van der Waals surface area contributed by atoms with Crippen molar-refractivity contribution in [2.24, 2.45) is 0 Å². The van der Waals surface area contributed by atoms with Gasteiger partial charge in [0.1, 0.15) is 0 Å². The van der Waals surface area contributed by atoms with Gasteiger partial charge in [-0.15, -0.1) is 0 Å². The van der Waals surface area contributed by atoms with Crippen molar-refractivity contribution in [1.29, 1.82) is 0 Å². The number of halogens is 1. The van der Waals surface area contributed by atoms with Crippen LogP contribution < -0.4 is 5.32 Å². The monoisotopic (exact) mass is 315 g/mol. The zero-order valence-corrected chi connectivity index (χ0v) is 13.0. The second-order valence-corrected chi connectivity index (χ2v) is 5.85. The predicted molar refractivity (Wildman–Crippen MR) is 87.5 cm³/mol. The van der Waals surface area contributed by atoms with Crippen LogP contribution in [0, 0.1) is 0 Å². The van der Waals surface area contributed by atoms with Crippen molar-refractivity contribution in [3.63, 3.8) is 0 Å². The minimum Gasteiger partial charge on any atom is -0.371 e. The van der Waals surface area contributed by atoms with Crippen LogP contribution in [0.2, 0.25) is 5.02 Å². The molecule has 1 aliphatic heterocycles. The third kappa shape index (κ3) is 3.74. The van der Waals surface area contributed by atoms with Crippen molar-refractivity contribution in [1.82, 2.24) is 5.32 Å². The molecule has 0 radical (unpaired) electrons. The van der Waals surface area contributed by atoms with Crippen molar-refractivity contribution in [2.45, 2.75) is 12.5 Å². The highest BCUT2D eigenvalue weighted by Gasteiger charge is 2.15. The summed E-state index contributed by atoms with van der Waals surface area (Å²) < 4.78 is 5.72. The number of Topliss-reactive ketones (excluding diaryl/α,β-unsaturated/α-hetero) is 1. The van der Waals surface area contributed by atoms with Gasteiger partial charge >= 0.3 is 0 Å². The van der Waals surface area contributed by atoms with Gasteiger partial charge in [-0.1, -0.05) is 48.0 Å². The summed E-state index contributed by atoms with van der Waals surface area (Å²) in [5, 5.41) is 3.90. The first kappa shape index (κ1) is 15.2. The van der Waals surface area contributed by atoms with Crippen molar-refractivity contribution in [3.8, 4) is 0 Å². The number of rotatable bonds is 4. The molecule has 4 heteroatoms. The van der Waals surface area contributed by atoms with Gasteiger partial charge in [0, 0.05) is 30.1 Å². The average Bonchev–Trinajstić information content (AvgIpc) is 2.56. The third-order valence-electron chi connectivity index (χ3n) is 3.79. The summed E-state index contributed by atoms with van der Waals surface area (Å²) in [6.45, 7) is 2.48. The number of carbonyl (C=O) groups excluding carboxylic acids is 1. The molecular formula is C18H18ClNO2. The lowest BCUT2D eigenvalue weighted by molar-refractivity contribution is 0.0277. The molecular weight excluding hydrogens is 298 g/mol. The maximum absolute atomic E-state index is 12.3. The lowest BCUT2D eigenvalue weighted by Gasteiger charge is -2.24. The summed E-state index contributed by atoms with van der Waals surface area (Å²) in [6, 6.07) is 15.1. The highest BCUT2D eigenvalue weighted by Crippen LogP contribution is 2.20. The zero-order valence-electron chi connectivity index (χ0n) is 12.2. The van der Waals surface area contributed by atoms with Crippen molar-refractivity contribution >= 4 is 17.4 Å². The Bertz CT molecular complexity index is 648. The molecule has 22 heavy (non-hydrogen) atoms. The molecule has 3 nitrogen and oxygen atoms in total. The molecule has 114 valence electrons. The van der Waals surface area contributed by atoms with E-state index >= 15 is 0 Å². The van der Waals surface area contributed by atoms with E-state index in [1.165, 1.54) is 0 Å². The molecule has 1 fully saturated rings. The fraction of sp³-hybridized carbons (Fsp3) is 0.278. The summed E-state index contributed by atoms with van der Waals surface area (Å²) in [5.41, 5.74) is 2.79. The van der Waals surface area contributed by atoms with Crippen LogP contribution in [0.3, 0.4) is 0 Å². The number of ketones is 1. The standard InChI is InChI=1S/C18H18ClNO2/c19-16-3-1-2-15(11-16)17(21)10-13-4-6-14(7-5-13)18-12-20-8-9-22-18/h1-7,11,18,20H,8-10,12H2. The van der Waals surface area contributed by atoms with Crippen molar-refractivity contribution < 1.29 is 9.53 Å². The van der Waals surface area contributed by atoms with Gasteiger partial charge in [-0.2, -0.15) is 0 Å². The minimum absolute atomic E-state index is 0.0748. The van der Waals surface area contributed by atoms with Crippen molar-refractivity contribution in [2.75, 3.05) is 19.7 Å². The van der Waals surface area contributed by atoms with Gasteiger partial charge in [0.05, 0.1) is 12.7 Å². The van der Waals surface area contributed by atoms with E-state index in [2.05, 4.69) is 5.32 Å². The van der Waals surface area contributed by atoms with Gasteiger partial charge in [-0.3, -0.25) is 4.79 Å². The van der Waals surface area contributed by atoms with E-state index < -0.39 is 0 Å².